The van der Waals surface area contributed by atoms with Crippen LogP contribution in [-0.2, 0) is 4.74 Å². The summed E-state index contributed by atoms with van der Waals surface area (Å²) in [5.74, 6) is 0.503. The Labute approximate surface area is 97.2 Å². The molecule has 1 aromatic rings. The fourth-order valence-corrected chi connectivity index (χ4v) is 1.70. The van der Waals surface area contributed by atoms with Crippen molar-refractivity contribution in [2.75, 3.05) is 25.5 Å². The average Bonchev–Trinajstić information content (AvgIpc) is 2.99. The van der Waals surface area contributed by atoms with Gasteiger partial charge >= 0.3 is 0 Å². The highest BCUT2D eigenvalue weighted by Gasteiger charge is 2.20. The van der Waals surface area contributed by atoms with Gasteiger partial charge in [0.15, 0.2) is 0 Å². The fourth-order valence-electron chi connectivity index (χ4n) is 1.17. The van der Waals surface area contributed by atoms with Crippen LogP contribution in [0.1, 0.15) is 22.6 Å². The van der Waals surface area contributed by atoms with Crippen molar-refractivity contribution in [2.45, 2.75) is 12.8 Å². The highest BCUT2D eigenvalue weighted by Crippen LogP contribution is 2.28. The van der Waals surface area contributed by atoms with E-state index in [0.717, 1.165) is 23.9 Å². The minimum atomic E-state index is -0.246. The Balaban J connectivity index is 1.59. The summed E-state index contributed by atoms with van der Waals surface area (Å²) in [5, 5.41) is 10.5. The molecule has 0 atom stereocenters. The molecule has 0 unspecified atom stereocenters. The van der Waals surface area contributed by atoms with E-state index < -0.39 is 0 Å². The lowest BCUT2D eigenvalue weighted by Crippen LogP contribution is -2.27. The second-order valence-corrected chi connectivity index (χ2v) is 4.73. The molecule has 1 heterocycles. The van der Waals surface area contributed by atoms with Gasteiger partial charge in [0.2, 0.25) is 10.1 Å². The number of carbonyl (C=O) groups excluding carboxylic acids is 1. The van der Waals surface area contributed by atoms with E-state index in [0.29, 0.717) is 23.3 Å². The Morgan fingerprint density at radius 3 is 3.00 bits per heavy atom. The molecule has 88 valence electrons. The van der Waals surface area contributed by atoms with Gasteiger partial charge in [-0.1, -0.05) is 11.3 Å². The van der Waals surface area contributed by atoms with Crippen molar-refractivity contribution in [3.05, 3.63) is 5.01 Å². The summed E-state index contributed by atoms with van der Waals surface area (Å²) in [5.41, 5.74) is 5.37. The fraction of sp³-hybridized carbons (Fsp3) is 0.667. The van der Waals surface area contributed by atoms with Gasteiger partial charge in [0.1, 0.15) is 0 Å². The molecule has 3 N–H and O–H groups in total. The third kappa shape index (κ3) is 3.42. The standard InChI is InChI=1S/C9H14N4O2S/c10-9-13-12-8(16-9)7(14)11-3-4-15-5-6-1-2-6/h6H,1-5H2,(H2,10,13)(H,11,14). The van der Waals surface area contributed by atoms with Gasteiger partial charge in [0.25, 0.3) is 5.91 Å². The number of aromatic nitrogens is 2. The highest BCUT2D eigenvalue weighted by atomic mass is 32.1. The molecule has 0 spiro atoms. The second kappa shape index (κ2) is 5.22. The number of hydrogen-bond acceptors (Lipinski definition) is 6. The molecule has 2 rings (SSSR count). The molecule has 7 heteroatoms. The van der Waals surface area contributed by atoms with Crippen LogP contribution in [0, 0.1) is 5.92 Å². The first-order chi connectivity index (χ1) is 7.75. The maximum Gasteiger partial charge on any atom is 0.282 e. The van der Waals surface area contributed by atoms with Crippen LogP contribution in [0.25, 0.3) is 0 Å². The minimum Gasteiger partial charge on any atom is -0.379 e. The van der Waals surface area contributed by atoms with Crippen LogP contribution < -0.4 is 11.1 Å². The zero-order chi connectivity index (χ0) is 11.4. The van der Waals surface area contributed by atoms with Gasteiger partial charge in [-0.2, -0.15) is 0 Å². The summed E-state index contributed by atoms with van der Waals surface area (Å²) in [6.45, 7) is 1.84. The molecule has 1 aromatic heterocycles. The summed E-state index contributed by atoms with van der Waals surface area (Å²) in [4.78, 5) is 11.5. The summed E-state index contributed by atoms with van der Waals surface area (Å²) in [6.07, 6.45) is 2.55. The van der Waals surface area contributed by atoms with Crippen molar-refractivity contribution < 1.29 is 9.53 Å². The summed E-state index contributed by atoms with van der Waals surface area (Å²) < 4.78 is 5.38. The lowest BCUT2D eigenvalue weighted by molar-refractivity contribution is 0.0905. The number of anilines is 1. The van der Waals surface area contributed by atoms with E-state index in [1.807, 2.05) is 0 Å². The number of hydrogen-bond donors (Lipinski definition) is 2. The van der Waals surface area contributed by atoms with Gasteiger partial charge in [-0.25, -0.2) is 0 Å². The van der Waals surface area contributed by atoms with Crippen molar-refractivity contribution in [2.24, 2.45) is 5.92 Å². The summed E-state index contributed by atoms with van der Waals surface area (Å²) in [6, 6.07) is 0. The molecule has 1 aliphatic rings. The molecule has 0 saturated heterocycles. The highest BCUT2D eigenvalue weighted by molar-refractivity contribution is 7.16. The summed E-state index contributed by atoms with van der Waals surface area (Å²) >= 11 is 1.08. The molecule has 0 aliphatic heterocycles. The van der Waals surface area contributed by atoms with E-state index in [-0.39, 0.29) is 5.91 Å². The number of ether oxygens (including phenoxy) is 1. The number of nitrogens with zero attached hydrogens (tertiary/aromatic N) is 2. The molecule has 0 bridgehead atoms. The van der Waals surface area contributed by atoms with Gasteiger partial charge in [0.05, 0.1) is 6.61 Å². The van der Waals surface area contributed by atoms with Crippen molar-refractivity contribution >= 4 is 22.4 Å². The number of carbonyl (C=O) groups is 1. The van der Waals surface area contributed by atoms with Crippen LogP contribution in [0.2, 0.25) is 0 Å². The van der Waals surface area contributed by atoms with Crippen LogP contribution in [-0.4, -0.2) is 35.9 Å². The van der Waals surface area contributed by atoms with E-state index in [2.05, 4.69) is 15.5 Å². The predicted octanol–water partition coefficient (Wildman–Crippen LogP) is 0.277. The number of nitrogens with two attached hydrogens (primary N) is 1. The van der Waals surface area contributed by atoms with E-state index >= 15 is 0 Å². The number of amides is 1. The van der Waals surface area contributed by atoms with Gasteiger partial charge in [-0.05, 0) is 18.8 Å². The first kappa shape index (κ1) is 11.3. The van der Waals surface area contributed by atoms with Crippen LogP contribution in [0.3, 0.4) is 0 Å². The average molecular weight is 242 g/mol. The smallest absolute Gasteiger partial charge is 0.282 e. The molecule has 1 fully saturated rings. The SMILES string of the molecule is Nc1nnc(C(=O)NCCOCC2CC2)s1. The molecular formula is C9H14N4O2S. The third-order valence-electron chi connectivity index (χ3n) is 2.22. The quantitative estimate of drug-likeness (QED) is 0.699. The molecule has 0 radical (unpaired) electrons. The van der Waals surface area contributed by atoms with Gasteiger partial charge < -0.3 is 15.8 Å². The molecule has 1 saturated carbocycles. The largest absolute Gasteiger partial charge is 0.379 e. The maximum atomic E-state index is 11.5. The van der Waals surface area contributed by atoms with Crippen LogP contribution in [0.4, 0.5) is 5.13 Å². The lowest BCUT2D eigenvalue weighted by Gasteiger charge is -2.03. The molecule has 1 amide bonds. The minimum absolute atomic E-state index is 0.246. The maximum absolute atomic E-state index is 11.5. The Morgan fingerprint density at radius 2 is 2.38 bits per heavy atom. The molecule has 0 aromatic carbocycles. The Bertz CT molecular complexity index is 364. The van der Waals surface area contributed by atoms with E-state index in [4.69, 9.17) is 10.5 Å². The number of nitrogens with one attached hydrogen (secondary N) is 1. The predicted molar refractivity (Wildman–Crippen MR) is 60.2 cm³/mol. The topological polar surface area (TPSA) is 90.1 Å². The second-order valence-electron chi connectivity index (χ2n) is 3.72. The van der Waals surface area contributed by atoms with Crippen molar-refractivity contribution in [1.82, 2.24) is 15.5 Å². The van der Waals surface area contributed by atoms with Crippen molar-refractivity contribution in [3.8, 4) is 0 Å². The van der Waals surface area contributed by atoms with Crippen molar-refractivity contribution in [1.29, 1.82) is 0 Å². The lowest BCUT2D eigenvalue weighted by atomic mass is 10.5. The van der Waals surface area contributed by atoms with Crippen molar-refractivity contribution in [3.63, 3.8) is 0 Å². The summed E-state index contributed by atoms with van der Waals surface area (Å²) in [7, 11) is 0. The molecule has 16 heavy (non-hydrogen) atoms. The first-order valence-corrected chi connectivity index (χ1v) is 6.02. The molecule has 1 aliphatic carbocycles. The van der Waals surface area contributed by atoms with Crippen LogP contribution in [0.15, 0.2) is 0 Å². The monoisotopic (exact) mass is 242 g/mol. The zero-order valence-corrected chi connectivity index (χ0v) is 9.63. The van der Waals surface area contributed by atoms with Gasteiger partial charge in [-0.15, -0.1) is 10.2 Å². The Kier molecular flexibility index (Phi) is 3.68. The number of rotatable bonds is 6. The third-order valence-corrected chi connectivity index (χ3v) is 2.97. The zero-order valence-electron chi connectivity index (χ0n) is 8.81. The van der Waals surface area contributed by atoms with Gasteiger partial charge in [0, 0.05) is 13.2 Å². The Hall–Kier alpha value is -1.21. The molecular weight excluding hydrogens is 228 g/mol. The van der Waals surface area contributed by atoms with Gasteiger partial charge in [-0.3, -0.25) is 4.79 Å². The normalized spacial score (nSPS) is 15.0. The molecule has 6 nitrogen and oxygen atoms in total. The van der Waals surface area contributed by atoms with E-state index in [1.165, 1.54) is 12.8 Å². The first-order valence-electron chi connectivity index (χ1n) is 5.20. The van der Waals surface area contributed by atoms with Crippen LogP contribution >= 0.6 is 11.3 Å². The number of nitrogen functional groups attached to an aromatic ring is 1. The Morgan fingerprint density at radius 1 is 1.56 bits per heavy atom. The van der Waals surface area contributed by atoms with Crippen LogP contribution in [0.5, 0.6) is 0 Å². The van der Waals surface area contributed by atoms with E-state index in [1.54, 1.807) is 0 Å². The van der Waals surface area contributed by atoms with E-state index in [9.17, 15) is 4.79 Å².